The van der Waals surface area contributed by atoms with E-state index in [1.807, 2.05) is 27.7 Å². The van der Waals surface area contributed by atoms with Crippen molar-refractivity contribution in [1.82, 2.24) is 9.55 Å². The summed E-state index contributed by atoms with van der Waals surface area (Å²) in [4.78, 5) is 29.0. The molecule has 1 aromatic carbocycles. The summed E-state index contributed by atoms with van der Waals surface area (Å²) in [5.41, 5.74) is 5.35. The Bertz CT molecular complexity index is 950. The average molecular weight is 435 g/mol. The minimum absolute atomic E-state index is 0.0321. The van der Waals surface area contributed by atoms with Crippen LogP contribution >= 0.6 is 0 Å². The molecule has 2 rings (SSSR count). The highest BCUT2D eigenvalue weighted by Crippen LogP contribution is 2.20. The molecule has 1 atom stereocenters. The molecule has 0 fully saturated rings. The lowest BCUT2D eigenvalue weighted by Crippen LogP contribution is -2.44. The lowest BCUT2D eigenvalue weighted by atomic mass is 10.1. The average Bonchev–Trinajstić information content (AvgIpc) is 2.69. The first-order chi connectivity index (χ1) is 14.6. The van der Waals surface area contributed by atoms with Crippen molar-refractivity contribution >= 4 is 11.5 Å². The first-order valence-electron chi connectivity index (χ1n) is 10.4. The van der Waals surface area contributed by atoms with E-state index < -0.39 is 17.4 Å². The van der Waals surface area contributed by atoms with E-state index in [9.17, 15) is 14.7 Å². The summed E-state index contributed by atoms with van der Waals surface area (Å²) >= 11 is 0. The molecular weight excluding hydrogens is 400 g/mol. The number of aromatic nitrogens is 2. The highest BCUT2D eigenvalue weighted by Gasteiger charge is 2.22. The fourth-order valence-corrected chi connectivity index (χ4v) is 3.30. The molecule has 1 unspecified atom stereocenters. The number of aliphatic hydroxyl groups is 1. The number of nitrogens with one attached hydrogen (secondary N) is 1. The number of methoxy groups -OCH3 is 1. The zero-order chi connectivity index (χ0) is 23.1. The maximum Gasteiger partial charge on any atom is 0.330 e. The Kier molecular flexibility index (Phi) is 8.56. The first kappa shape index (κ1) is 24.3. The lowest BCUT2D eigenvalue weighted by Gasteiger charge is -2.30. The van der Waals surface area contributed by atoms with E-state index >= 15 is 0 Å². The summed E-state index contributed by atoms with van der Waals surface area (Å²) in [7, 11) is 1.58. The van der Waals surface area contributed by atoms with Gasteiger partial charge in [-0.25, -0.2) is 4.79 Å². The van der Waals surface area contributed by atoms with Crippen LogP contribution in [0.5, 0.6) is 11.5 Å². The van der Waals surface area contributed by atoms with Gasteiger partial charge in [-0.3, -0.25) is 14.3 Å². The number of nitrogens with zero attached hydrogens (tertiary/aromatic N) is 2. The molecule has 0 aliphatic carbocycles. The van der Waals surface area contributed by atoms with Crippen LogP contribution in [0.15, 0.2) is 33.9 Å². The van der Waals surface area contributed by atoms with Gasteiger partial charge in [-0.1, -0.05) is 27.7 Å². The largest absolute Gasteiger partial charge is 0.497 e. The van der Waals surface area contributed by atoms with Crippen LogP contribution in [0.1, 0.15) is 27.7 Å². The van der Waals surface area contributed by atoms with Crippen molar-refractivity contribution in [2.75, 3.05) is 37.4 Å². The molecular formula is C22H34N4O5. The van der Waals surface area contributed by atoms with E-state index in [2.05, 4.69) is 4.98 Å². The Balaban J connectivity index is 2.22. The first-order valence-corrected chi connectivity index (χ1v) is 10.4. The van der Waals surface area contributed by atoms with Crippen LogP contribution < -0.4 is 31.4 Å². The second kappa shape index (κ2) is 10.9. The summed E-state index contributed by atoms with van der Waals surface area (Å²) in [5, 5.41) is 10.6. The SMILES string of the molecule is COc1ccc(OCC(O)CN(CC(C)C)c2c(N)n(CC(C)C)c(=O)[nH]c2=O)cc1. The zero-order valence-electron chi connectivity index (χ0n) is 18.9. The van der Waals surface area contributed by atoms with E-state index in [0.29, 0.717) is 24.6 Å². The van der Waals surface area contributed by atoms with Gasteiger partial charge in [0.25, 0.3) is 5.56 Å². The standard InChI is InChI=1S/C22H34N4O5/c1-14(2)10-25(12-16(27)13-31-18-8-6-17(30-5)7-9-18)19-20(23)26(11-15(3)4)22(29)24-21(19)28/h6-9,14-16,27H,10-13,23H2,1-5H3,(H,24,28,29). The number of rotatable bonds is 11. The number of H-pyrrole nitrogens is 1. The Morgan fingerprint density at radius 3 is 2.23 bits per heavy atom. The van der Waals surface area contributed by atoms with Crippen LogP contribution in [0.4, 0.5) is 11.5 Å². The molecule has 1 aromatic heterocycles. The topological polar surface area (TPSA) is 123 Å². The summed E-state index contributed by atoms with van der Waals surface area (Å²) in [6.45, 7) is 8.95. The van der Waals surface area contributed by atoms with Crippen molar-refractivity contribution < 1.29 is 14.6 Å². The number of benzene rings is 1. The van der Waals surface area contributed by atoms with Gasteiger partial charge in [-0.15, -0.1) is 0 Å². The van der Waals surface area contributed by atoms with Crippen molar-refractivity contribution in [2.24, 2.45) is 11.8 Å². The molecule has 0 aliphatic heterocycles. The molecule has 31 heavy (non-hydrogen) atoms. The van der Waals surface area contributed by atoms with Crippen LogP contribution in [0, 0.1) is 11.8 Å². The Labute approximate surface area is 182 Å². The molecule has 2 aromatic rings. The summed E-state index contributed by atoms with van der Waals surface area (Å²) in [5.74, 6) is 1.77. The highest BCUT2D eigenvalue weighted by molar-refractivity contribution is 5.62. The quantitative estimate of drug-likeness (QED) is 0.492. The minimum Gasteiger partial charge on any atom is -0.497 e. The summed E-state index contributed by atoms with van der Waals surface area (Å²) in [6, 6.07) is 7.04. The molecule has 0 aliphatic rings. The molecule has 1 heterocycles. The molecule has 9 nitrogen and oxygen atoms in total. The van der Waals surface area contributed by atoms with Gasteiger partial charge in [0.2, 0.25) is 0 Å². The molecule has 0 radical (unpaired) electrons. The monoisotopic (exact) mass is 434 g/mol. The summed E-state index contributed by atoms with van der Waals surface area (Å²) < 4.78 is 12.1. The second-order valence-electron chi connectivity index (χ2n) is 8.44. The molecule has 0 saturated heterocycles. The Hall–Kier alpha value is -2.94. The number of aromatic amines is 1. The van der Waals surface area contributed by atoms with Gasteiger partial charge in [0.1, 0.15) is 35.7 Å². The highest BCUT2D eigenvalue weighted by atomic mass is 16.5. The molecule has 0 spiro atoms. The van der Waals surface area contributed by atoms with Crippen molar-refractivity contribution in [3.05, 3.63) is 45.1 Å². The maximum atomic E-state index is 12.6. The van der Waals surface area contributed by atoms with E-state index in [4.69, 9.17) is 15.2 Å². The fourth-order valence-electron chi connectivity index (χ4n) is 3.30. The third-order valence-electron chi connectivity index (χ3n) is 4.60. The van der Waals surface area contributed by atoms with Crippen molar-refractivity contribution in [3.63, 3.8) is 0 Å². The van der Waals surface area contributed by atoms with Crippen LogP contribution in [0.25, 0.3) is 0 Å². The van der Waals surface area contributed by atoms with E-state index in [1.54, 1.807) is 36.3 Å². The molecule has 0 amide bonds. The number of nitrogen functional groups attached to an aromatic ring is 1. The predicted molar refractivity (Wildman–Crippen MR) is 122 cm³/mol. The van der Waals surface area contributed by atoms with E-state index in [-0.39, 0.29) is 36.5 Å². The molecule has 0 bridgehead atoms. The van der Waals surface area contributed by atoms with Gasteiger partial charge in [0, 0.05) is 19.6 Å². The number of hydrogen-bond donors (Lipinski definition) is 3. The number of anilines is 2. The normalized spacial score (nSPS) is 12.3. The van der Waals surface area contributed by atoms with Gasteiger partial charge >= 0.3 is 5.69 Å². The number of nitrogens with two attached hydrogens (primary N) is 1. The third kappa shape index (κ3) is 6.78. The van der Waals surface area contributed by atoms with Crippen molar-refractivity contribution in [2.45, 2.75) is 40.3 Å². The fraction of sp³-hybridized carbons (Fsp3) is 0.545. The predicted octanol–water partition coefficient (Wildman–Crippen LogP) is 1.69. The van der Waals surface area contributed by atoms with Gasteiger partial charge < -0.3 is 25.2 Å². The van der Waals surface area contributed by atoms with E-state index in [1.165, 1.54) is 4.57 Å². The maximum absolute atomic E-state index is 12.6. The number of hydrogen-bond acceptors (Lipinski definition) is 7. The molecule has 9 heteroatoms. The van der Waals surface area contributed by atoms with Crippen LogP contribution in [0.3, 0.4) is 0 Å². The smallest absolute Gasteiger partial charge is 0.330 e. The third-order valence-corrected chi connectivity index (χ3v) is 4.60. The Morgan fingerprint density at radius 1 is 1.06 bits per heavy atom. The van der Waals surface area contributed by atoms with Gasteiger partial charge in [0.05, 0.1) is 7.11 Å². The minimum atomic E-state index is -0.884. The zero-order valence-corrected chi connectivity index (χ0v) is 18.9. The van der Waals surface area contributed by atoms with Gasteiger partial charge in [-0.2, -0.15) is 0 Å². The van der Waals surface area contributed by atoms with Gasteiger partial charge in [-0.05, 0) is 36.1 Å². The Morgan fingerprint density at radius 2 is 1.68 bits per heavy atom. The number of aliphatic hydroxyl groups excluding tert-OH is 1. The molecule has 172 valence electrons. The van der Waals surface area contributed by atoms with Crippen LogP contribution in [-0.4, -0.2) is 47.6 Å². The molecule has 4 N–H and O–H groups in total. The van der Waals surface area contributed by atoms with E-state index in [0.717, 1.165) is 0 Å². The van der Waals surface area contributed by atoms with Crippen molar-refractivity contribution in [3.8, 4) is 11.5 Å². The molecule has 0 saturated carbocycles. The number of ether oxygens (including phenoxy) is 2. The van der Waals surface area contributed by atoms with Crippen LogP contribution in [0.2, 0.25) is 0 Å². The summed E-state index contributed by atoms with van der Waals surface area (Å²) in [6.07, 6.45) is -0.884. The van der Waals surface area contributed by atoms with Crippen molar-refractivity contribution in [1.29, 1.82) is 0 Å². The van der Waals surface area contributed by atoms with Crippen LogP contribution in [-0.2, 0) is 6.54 Å². The van der Waals surface area contributed by atoms with Gasteiger partial charge in [0.15, 0.2) is 0 Å². The lowest BCUT2D eigenvalue weighted by molar-refractivity contribution is 0.111. The second-order valence-corrected chi connectivity index (χ2v) is 8.44.